The van der Waals surface area contributed by atoms with E-state index in [-0.39, 0.29) is 18.5 Å². The van der Waals surface area contributed by atoms with Crippen molar-refractivity contribution in [2.24, 2.45) is 0 Å². The number of amides is 1. The van der Waals surface area contributed by atoms with E-state index in [4.69, 9.17) is 0 Å². The maximum atomic E-state index is 12.1. The summed E-state index contributed by atoms with van der Waals surface area (Å²) >= 11 is 0. The fourth-order valence-electron chi connectivity index (χ4n) is 2.69. The van der Waals surface area contributed by atoms with Gasteiger partial charge in [0.2, 0.25) is 5.91 Å². The number of benzene rings is 3. The molecule has 0 aliphatic carbocycles. The molecule has 2 N–H and O–H groups in total. The van der Waals surface area contributed by atoms with E-state index in [1.807, 2.05) is 60.7 Å². The van der Waals surface area contributed by atoms with Crippen molar-refractivity contribution >= 4 is 11.6 Å². The van der Waals surface area contributed by atoms with E-state index in [9.17, 15) is 4.79 Å². The molecule has 3 rings (SSSR count). The van der Waals surface area contributed by atoms with Crippen LogP contribution in [0.25, 0.3) is 11.1 Å². The van der Waals surface area contributed by atoms with Crippen LogP contribution in [0.1, 0.15) is 18.5 Å². The average molecular weight is 330 g/mol. The molecular formula is C22H22N2O. The summed E-state index contributed by atoms with van der Waals surface area (Å²) in [6, 6.07) is 28.3. The van der Waals surface area contributed by atoms with Gasteiger partial charge in [0.25, 0.3) is 0 Å². The molecule has 0 aromatic heterocycles. The van der Waals surface area contributed by atoms with Crippen LogP contribution in [0.15, 0.2) is 84.9 Å². The second kappa shape index (κ2) is 8.27. The molecule has 1 atom stereocenters. The third kappa shape index (κ3) is 4.78. The molecule has 3 heteroatoms. The van der Waals surface area contributed by atoms with E-state index in [1.54, 1.807) is 0 Å². The quantitative estimate of drug-likeness (QED) is 0.691. The van der Waals surface area contributed by atoms with Gasteiger partial charge in [-0.25, -0.2) is 0 Å². The lowest BCUT2D eigenvalue weighted by molar-refractivity contribution is -0.115. The molecule has 3 nitrogen and oxygen atoms in total. The number of nitrogens with one attached hydrogen (secondary N) is 2. The number of carbonyl (C=O) groups is 1. The predicted octanol–water partition coefficient (Wildman–Crippen LogP) is 4.64. The van der Waals surface area contributed by atoms with Crippen LogP contribution in [0, 0.1) is 0 Å². The van der Waals surface area contributed by atoms with Gasteiger partial charge in [0.15, 0.2) is 0 Å². The lowest BCUT2D eigenvalue weighted by atomic mass is 10.1. The normalized spacial score (nSPS) is 11.7. The molecule has 126 valence electrons. The molecule has 0 bridgehead atoms. The Kier molecular flexibility index (Phi) is 5.60. The predicted molar refractivity (Wildman–Crippen MR) is 103 cm³/mol. The van der Waals surface area contributed by atoms with Gasteiger partial charge in [-0.05, 0) is 35.7 Å². The van der Waals surface area contributed by atoms with Crippen LogP contribution in [0.3, 0.4) is 0 Å². The molecule has 0 aliphatic rings. The van der Waals surface area contributed by atoms with Crippen LogP contribution < -0.4 is 10.6 Å². The van der Waals surface area contributed by atoms with Gasteiger partial charge in [0.1, 0.15) is 0 Å². The van der Waals surface area contributed by atoms with Crippen molar-refractivity contribution < 1.29 is 4.79 Å². The first-order valence-corrected chi connectivity index (χ1v) is 8.46. The Morgan fingerprint density at radius 2 is 1.36 bits per heavy atom. The minimum absolute atomic E-state index is 0.0461. The van der Waals surface area contributed by atoms with Gasteiger partial charge in [0.05, 0.1) is 6.54 Å². The summed E-state index contributed by atoms with van der Waals surface area (Å²) in [6.45, 7) is 2.33. The summed E-state index contributed by atoms with van der Waals surface area (Å²) in [4.78, 5) is 12.1. The van der Waals surface area contributed by atoms with Crippen LogP contribution >= 0.6 is 0 Å². The molecule has 25 heavy (non-hydrogen) atoms. The fraction of sp³-hybridized carbons (Fsp3) is 0.136. The summed E-state index contributed by atoms with van der Waals surface area (Å²) in [7, 11) is 0. The Bertz CT molecular complexity index is 798. The highest BCUT2D eigenvalue weighted by molar-refractivity contribution is 5.92. The summed E-state index contributed by atoms with van der Waals surface area (Å²) < 4.78 is 0. The maximum Gasteiger partial charge on any atom is 0.238 e. The Balaban J connectivity index is 1.53. The van der Waals surface area contributed by atoms with Crippen molar-refractivity contribution in [2.75, 3.05) is 11.9 Å². The summed E-state index contributed by atoms with van der Waals surface area (Å²) in [6.07, 6.45) is 0. The molecule has 0 spiro atoms. The van der Waals surface area contributed by atoms with Gasteiger partial charge in [0, 0.05) is 11.7 Å². The van der Waals surface area contributed by atoms with Crippen molar-refractivity contribution in [2.45, 2.75) is 13.0 Å². The number of hydrogen-bond donors (Lipinski definition) is 2. The molecule has 1 amide bonds. The Hall–Kier alpha value is -2.91. The number of carbonyl (C=O) groups excluding carboxylic acids is 1. The molecular weight excluding hydrogens is 308 g/mol. The second-order valence-corrected chi connectivity index (χ2v) is 6.00. The van der Waals surface area contributed by atoms with Gasteiger partial charge in [-0.15, -0.1) is 0 Å². The molecule has 0 fully saturated rings. The number of anilines is 1. The van der Waals surface area contributed by atoms with E-state index < -0.39 is 0 Å². The fourth-order valence-corrected chi connectivity index (χ4v) is 2.69. The number of hydrogen-bond acceptors (Lipinski definition) is 2. The van der Waals surface area contributed by atoms with E-state index in [1.165, 1.54) is 11.1 Å². The summed E-state index contributed by atoms with van der Waals surface area (Å²) in [5.74, 6) is -0.0461. The Morgan fingerprint density at radius 3 is 2.00 bits per heavy atom. The molecule has 0 saturated carbocycles. The van der Waals surface area contributed by atoms with Crippen molar-refractivity contribution in [3.05, 3.63) is 90.5 Å². The van der Waals surface area contributed by atoms with Gasteiger partial charge < -0.3 is 10.6 Å². The third-order valence-corrected chi connectivity index (χ3v) is 4.14. The van der Waals surface area contributed by atoms with Crippen molar-refractivity contribution in [3.63, 3.8) is 0 Å². The summed E-state index contributed by atoms with van der Waals surface area (Å²) in [5, 5.41) is 6.17. The van der Waals surface area contributed by atoms with Gasteiger partial charge in [-0.2, -0.15) is 0 Å². The second-order valence-electron chi connectivity index (χ2n) is 6.00. The van der Waals surface area contributed by atoms with E-state index >= 15 is 0 Å². The zero-order chi connectivity index (χ0) is 17.5. The maximum absolute atomic E-state index is 12.1. The van der Waals surface area contributed by atoms with Crippen LogP contribution in [0.2, 0.25) is 0 Å². The minimum atomic E-state index is -0.0461. The van der Waals surface area contributed by atoms with Crippen molar-refractivity contribution in [1.29, 1.82) is 0 Å². The average Bonchev–Trinajstić information content (AvgIpc) is 2.68. The molecule has 3 aromatic rings. The largest absolute Gasteiger partial charge is 0.325 e. The Labute approximate surface area is 148 Å². The molecule has 3 aromatic carbocycles. The summed E-state index contributed by atoms with van der Waals surface area (Å²) in [5.41, 5.74) is 4.27. The van der Waals surface area contributed by atoms with E-state index in [0.29, 0.717) is 0 Å². The first-order chi connectivity index (χ1) is 12.2. The SMILES string of the molecule is C[C@H](NCC(=O)Nc1ccc(-c2ccccc2)cc1)c1ccccc1. The molecule has 0 aliphatic heterocycles. The first-order valence-electron chi connectivity index (χ1n) is 8.46. The lowest BCUT2D eigenvalue weighted by Gasteiger charge is -2.14. The lowest BCUT2D eigenvalue weighted by Crippen LogP contribution is -2.30. The smallest absolute Gasteiger partial charge is 0.238 e. The highest BCUT2D eigenvalue weighted by Gasteiger charge is 2.07. The zero-order valence-corrected chi connectivity index (χ0v) is 14.3. The van der Waals surface area contributed by atoms with Crippen molar-refractivity contribution in [3.8, 4) is 11.1 Å². The molecule has 0 saturated heterocycles. The highest BCUT2D eigenvalue weighted by atomic mass is 16.1. The monoisotopic (exact) mass is 330 g/mol. The first kappa shape index (κ1) is 16.9. The Morgan fingerprint density at radius 1 is 0.800 bits per heavy atom. The minimum Gasteiger partial charge on any atom is -0.325 e. The molecule has 0 unspecified atom stereocenters. The molecule has 0 heterocycles. The van der Waals surface area contributed by atoms with Crippen LogP contribution in [0.4, 0.5) is 5.69 Å². The van der Waals surface area contributed by atoms with Gasteiger partial charge in [-0.1, -0.05) is 72.8 Å². The standard InChI is InChI=1S/C22H22N2O/c1-17(18-8-4-2-5-9-18)23-16-22(25)24-21-14-12-20(13-15-21)19-10-6-3-7-11-19/h2-15,17,23H,16H2,1H3,(H,24,25)/t17-/m0/s1. The highest BCUT2D eigenvalue weighted by Crippen LogP contribution is 2.21. The number of rotatable bonds is 6. The van der Waals surface area contributed by atoms with E-state index in [2.05, 4.69) is 41.8 Å². The van der Waals surface area contributed by atoms with E-state index in [0.717, 1.165) is 11.3 Å². The van der Waals surface area contributed by atoms with Gasteiger partial charge >= 0.3 is 0 Å². The third-order valence-electron chi connectivity index (χ3n) is 4.14. The molecule has 0 radical (unpaired) electrons. The van der Waals surface area contributed by atoms with Crippen molar-refractivity contribution in [1.82, 2.24) is 5.32 Å². The van der Waals surface area contributed by atoms with Crippen LogP contribution in [-0.4, -0.2) is 12.5 Å². The van der Waals surface area contributed by atoms with Gasteiger partial charge in [-0.3, -0.25) is 4.79 Å². The van der Waals surface area contributed by atoms with Crippen LogP contribution in [-0.2, 0) is 4.79 Å². The zero-order valence-electron chi connectivity index (χ0n) is 14.3. The van der Waals surface area contributed by atoms with Crippen LogP contribution in [0.5, 0.6) is 0 Å². The topological polar surface area (TPSA) is 41.1 Å².